The van der Waals surface area contributed by atoms with Crippen LogP contribution < -0.4 is 11.1 Å². The first-order chi connectivity index (χ1) is 7.91. The van der Waals surface area contributed by atoms with Crippen LogP contribution in [0.4, 0.5) is 10.2 Å². The van der Waals surface area contributed by atoms with E-state index in [0.717, 1.165) is 6.42 Å². The minimum Gasteiger partial charge on any atom is -0.381 e. The minimum atomic E-state index is -0.762. The van der Waals surface area contributed by atoms with Crippen molar-refractivity contribution in [1.29, 1.82) is 0 Å². The maximum atomic E-state index is 13.5. The Morgan fingerprint density at radius 3 is 2.76 bits per heavy atom. The zero-order valence-corrected chi connectivity index (χ0v) is 10.3. The molecule has 94 valence electrons. The van der Waals surface area contributed by atoms with Gasteiger partial charge in [0.25, 0.3) is 5.91 Å². The van der Waals surface area contributed by atoms with Gasteiger partial charge in [0.1, 0.15) is 0 Å². The Hall–Kier alpha value is -1.65. The molecule has 17 heavy (non-hydrogen) atoms. The van der Waals surface area contributed by atoms with Crippen LogP contribution in [0, 0.1) is 11.7 Å². The highest BCUT2D eigenvalue weighted by atomic mass is 19.1. The van der Waals surface area contributed by atoms with Gasteiger partial charge in [0, 0.05) is 12.2 Å². The van der Waals surface area contributed by atoms with Crippen molar-refractivity contribution in [1.82, 2.24) is 10.3 Å². The van der Waals surface area contributed by atoms with E-state index in [0.29, 0.717) is 5.92 Å². The molecule has 0 fully saturated rings. The third kappa shape index (κ3) is 3.69. The van der Waals surface area contributed by atoms with Gasteiger partial charge in [-0.05, 0) is 25.3 Å². The lowest BCUT2D eigenvalue weighted by Gasteiger charge is -2.16. The predicted octanol–water partition coefficient (Wildman–Crippen LogP) is 1.97. The van der Waals surface area contributed by atoms with Crippen molar-refractivity contribution in [2.45, 2.75) is 33.2 Å². The van der Waals surface area contributed by atoms with Gasteiger partial charge in [0.2, 0.25) is 0 Å². The number of hydrogen-bond acceptors (Lipinski definition) is 3. The molecular formula is C12H18FN3O. The van der Waals surface area contributed by atoms with Crippen molar-refractivity contribution in [3.63, 3.8) is 0 Å². The highest BCUT2D eigenvalue weighted by molar-refractivity contribution is 5.95. The number of aromatic nitrogens is 1. The smallest absolute Gasteiger partial charge is 0.254 e. The molecule has 1 aromatic heterocycles. The second-order valence-corrected chi connectivity index (χ2v) is 4.56. The molecule has 1 unspecified atom stereocenters. The molecule has 0 aromatic carbocycles. The molecule has 0 bridgehead atoms. The fourth-order valence-electron chi connectivity index (χ4n) is 1.70. The van der Waals surface area contributed by atoms with E-state index in [9.17, 15) is 9.18 Å². The van der Waals surface area contributed by atoms with Gasteiger partial charge in [0.15, 0.2) is 11.6 Å². The molecule has 5 heteroatoms. The van der Waals surface area contributed by atoms with E-state index >= 15 is 0 Å². The van der Waals surface area contributed by atoms with Crippen LogP contribution in [0.5, 0.6) is 0 Å². The Bertz CT molecular complexity index is 407. The fourth-order valence-corrected chi connectivity index (χ4v) is 1.70. The minimum absolute atomic E-state index is 0.00344. The van der Waals surface area contributed by atoms with E-state index in [2.05, 4.69) is 24.1 Å². The molecule has 1 aromatic rings. The van der Waals surface area contributed by atoms with Gasteiger partial charge in [-0.25, -0.2) is 9.37 Å². The maximum absolute atomic E-state index is 13.5. The summed E-state index contributed by atoms with van der Waals surface area (Å²) in [5.41, 5.74) is 5.24. The predicted molar refractivity (Wildman–Crippen MR) is 65.0 cm³/mol. The van der Waals surface area contributed by atoms with Crippen molar-refractivity contribution in [3.05, 3.63) is 23.6 Å². The summed E-state index contributed by atoms with van der Waals surface area (Å²) >= 11 is 0. The number of nitrogens with zero attached hydrogens (tertiary/aromatic N) is 1. The van der Waals surface area contributed by atoms with Crippen LogP contribution >= 0.6 is 0 Å². The second kappa shape index (κ2) is 5.61. The van der Waals surface area contributed by atoms with E-state index < -0.39 is 11.7 Å². The van der Waals surface area contributed by atoms with Crippen LogP contribution in [0.1, 0.15) is 37.6 Å². The number of nitrogens with one attached hydrogen (secondary N) is 1. The number of pyridine rings is 1. The Labute approximate surface area is 100 Å². The maximum Gasteiger partial charge on any atom is 0.254 e. The molecule has 0 spiro atoms. The highest BCUT2D eigenvalue weighted by Crippen LogP contribution is 2.12. The zero-order chi connectivity index (χ0) is 13.0. The average molecular weight is 239 g/mol. The van der Waals surface area contributed by atoms with Crippen LogP contribution in [0.25, 0.3) is 0 Å². The van der Waals surface area contributed by atoms with Gasteiger partial charge in [-0.1, -0.05) is 13.8 Å². The molecule has 4 nitrogen and oxygen atoms in total. The van der Waals surface area contributed by atoms with Crippen molar-refractivity contribution >= 4 is 11.7 Å². The molecule has 0 aliphatic heterocycles. The number of anilines is 1. The second-order valence-electron chi connectivity index (χ2n) is 4.56. The number of nitrogen functional groups attached to an aromatic ring is 1. The average Bonchev–Trinajstić information content (AvgIpc) is 2.20. The molecule has 0 radical (unpaired) electrons. The largest absolute Gasteiger partial charge is 0.381 e. The Kier molecular flexibility index (Phi) is 4.43. The van der Waals surface area contributed by atoms with Crippen LogP contribution in [-0.2, 0) is 0 Å². The lowest BCUT2D eigenvalue weighted by molar-refractivity contribution is 0.0932. The Morgan fingerprint density at radius 1 is 1.53 bits per heavy atom. The third-order valence-electron chi connectivity index (χ3n) is 2.36. The molecule has 0 aliphatic rings. The molecule has 0 aliphatic carbocycles. The summed E-state index contributed by atoms with van der Waals surface area (Å²) in [4.78, 5) is 15.3. The van der Waals surface area contributed by atoms with Crippen LogP contribution in [-0.4, -0.2) is 16.9 Å². The van der Waals surface area contributed by atoms with E-state index in [4.69, 9.17) is 5.73 Å². The van der Waals surface area contributed by atoms with Crippen LogP contribution in [0.2, 0.25) is 0 Å². The summed E-state index contributed by atoms with van der Waals surface area (Å²) in [5, 5.41) is 2.73. The summed E-state index contributed by atoms with van der Waals surface area (Å²) in [5.74, 6) is -1.00. The fraction of sp³-hybridized carbons (Fsp3) is 0.500. The SMILES string of the molecule is CC(C)CC(C)NC(=O)c1ccnc(N)c1F. The molecule has 0 saturated carbocycles. The van der Waals surface area contributed by atoms with Gasteiger partial charge in [-0.3, -0.25) is 4.79 Å². The highest BCUT2D eigenvalue weighted by Gasteiger charge is 2.16. The normalized spacial score (nSPS) is 12.5. The van der Waals surface area contributed by atoms with E-state index in [1.165, 1.54) is 12.3 Å². The summed E-state index contributed by atoms with van der Waals surface area (Å²) in [6.45, 7) is 6.02. The number of hydrogen-bond donors (Lipinski definition) is 2. The van der Waals surface area contributed by atoms with Gasteiger partial charge >= 0.3 is 0 Å². The lowest BCUT2D eigenvalue weighted by atomic mass is 10.0. The number of halogens is 1. The van der Waals surface area contributed by atoms with Gasteiger partial charge in [-0.15, -0.1) is 0 Å². The first-order valence-corrected chi connectivity index (χ1v) is 5.62. The van der Waals surface area contributed by atoms with Crippen molar-refractivity contribution in [2.75, 3.05) is 5.73 Å². The Morgan fingerprint density at radius 2 is 2.18 bits per heavy atom. The molecule has 3 N–H and O–H groups in total. The molecule has 1 rings (SSSR count). The first-order valence-electron chi connectivity index (χ1n) is 5.62. The number of carbonyl (C=O) groups excluding carboxylic acids is 1. The molecule has 1 atom stereocenters. The molecular weight excluding hydrogens is 221 g/mol. The van der Waals surface area contributed by atoms with Crippen molar-refractivity contribution in [3.8, 4) is 0 Å². The van der Waals surface area contributed by atoms with E-state index in [1.807, 2.05) is 6.92 Å². The molecule has 0 saturated heterocycles. The van der Waals surface area contributed by atoms with Crippen LogP contribution in [0.3, 0.4) is 0 Å². The topological polar surface area (TPSA) is 68.0 Å². The third-order valence-corrected chi connectivity index (χ3v) is 2.36. The summed E-state index contributed by atoms with van der Waals surface area (Å²) in [7, 11) is 0. The molecule has 1 heterocycles. The monoisotopic (exact) mass is 239 g/mol. The first kappa shape index (κ1) is 13.4. The lowest BCUT2D eigenvalue weighted by Crippen LogP contribution is -2.34. The van der Waals surface area contributed by atoms with Gasteiger partial charge in [0.05, 0.1) is 5.56 Å². The van der Waals surface area contributed by atoms with Crippen LogP contribution in [0.15, 0.2) is 12.3 Å². The van der Waals surface area contributed by atoms with Crippen molar-refractivity contribution in [2.24, 2.45) is 5.92 Å². The summed E-state index contributed by atoms with van der Waals surface area (Å²) in [6.07, 6.45) is 2.16. The number of carbonyl (C=O) groups is 1. The number of amides is 1. The standard InChI is InChI=1S/C12H18FN3O/c1-7(2)6-8(3)16-12(17)9-4-5-15-11(14)10(9)13/h4-5,7-8H,6H2,1-3H3,(H2,14,15)(H,16,17). The van der Waals surface area contributed by atoms with Gasteiger partial charge in [-0.2, -0.15) is 0 Å². The van der Waals surface area contributed by atoms with E-state index in [-0.39, 0.29) is 17.4 Å². The quantitative estimate of drug-likeness (QED) is 0.844. The zero-order valence-electron chi connectivity index (χ0n) is 10.3. The summed E-state index contributed by atoms with van der Waals surface area (Å²) in [6, 6.07) is 1.32. The Balaban J connectivity index is 2.73. The van der Waals surface area contributed by atoms with E-state index in [1.54, 1.807) is 0 Å². The molecule has 1 amide bonds. The van der Waals surface area contributed by atoms with Crippen molar-refractivity contribution < 1.29 is 9.18 Å². The number of nitrogens with two attached hydrogens (primary N) is 1. The summed E-state index contributed by atoms with van der Waals surface area (Å²) < 4.78 is 13.5. The number of rotatable bonds is 4. The van der Waals surface area contributed by atoms with Gasteiger partial charge < -0.3 is 11.1 Å².